The molecule has 0 aliphatic heterocycles. The fraction of sp³-hybridized carbons (Fsp3) is 0.176. The molecule has 0 aliphatic carbocycles. The molecule has 0 atom stereocenters. The first-order chi connectivity index (χ1) is 11.2. The number of benzene rings is 2. The third-order valence-electron chi connectivity index (χ3n) is 2.95. The zero-order valence-corrected chi connectivity index (χ0v) is 13.0. The van der Waals surface area contributed by atoms with Gasteiger partial charge in [0.05, 0.1) is 20.4 Å². The van der Waals surface area contributed by atoms with Crippen molar-refractivity contribution in [3.05, 3.63) is 54.1 Å². The first kappa shape index (κ1) is 16.4. The number of amides is 1. The quantitative estimate of drug-likeness (QED) is 0.628. The minimum Gasteiger partial charge on any atom is -0.497 e. The first-order valence-corrected chi connectivity index (χ1v) is 6.94. The van der Waals surface area contributed by atoms with Crippen molar-refractivity contribution in [2.24, 2.45) is 5.10 Å². The summed E-state index contributed by atoms with van der Waals surface area (Å²) in [7, 11) is 3.19. The molecule has 0 radical (unpaired) electrons. The van der Waals surface area contributed by atoms with E-state index < -0.39 is 0 Å². The summed E-state index contributed by atoms with van der Waals surface area (Å²) in [5.74, 6) is 1.73. The third-order valence-corrected chi connectivity index (χ3v) is 2.95. The zero-order valence-electron chi connectivity index (χ0n) is 13.0. The second-order valence-corrected chi connectivity index (χ2v) is 4.53. The second-order valence-electron chi connectivity index (χ2n) is 4.53. The van der Waals surface area contributed by atoms with E-state index in [-0.39, 0.29) is 12.5 Å². The maximum absolute atomic E-state index is 11.6. The van der Waals surface area contributed by atoms with Crippen LogP contribution in [0.3, 0.4) is 0 Å². The molecule has 0 fully saturated rings. The molecular weight excluding hydrogens is 296 g/mol. The maximum Gasteiger partial charge on any atom is 0.277 e. The van der Waals surface area contributed by atoms with Crippen LogP contribution in [0.15, 0.2) is 53.6 Å². The molecule has 120 valence electrons. The summed E-state index contributed by atoms with van der Waals surface area (Å²) in [5, 5.41) is 3.87. The maximum atomic E-state index is 11.6. The largest absolute Gasteiger partial charge is 0.497 e. The summed E-state index contributed by atoms with van der Waals surface area (Å²) in [5.41, 5.74) is 3.25. The standard InChI is InChI=1S/C17H18N2O4/c1-21-14-5-3-13(4-6-14)11-18-19-17(20)12-23-16-9-7-15(22-2)8-10-16/h3-11H,12H2,1-2H3,(H,19,20). The van der Waals surface area contributed by atoms with E-state index >= 15 is 0 Å². The van der Waals surface area contributed by atoms with Gasteiger partial charge in [-0.2, -0.15) is 5.10 Å². The van der Waals surface area contributed by atoms with Gasteiger partial charge in [0.15, 0.2) is 6.61 Å². The van der Waals surface area contributed by atoms with Gasteiger partial charge in [-0.15, -0.1) is 0 Å². The van der Waals surface area contributed by atoms with E-state index in [2.05, 4.69) is 10.5 Å². The lowest BCUT2D eigenvalue weighted by molar-refractivity contribution is -0.123. The van der Waals surface area contributed by atoms with Gasteiger partial charge in [0, 0.05) is 0 Å². The molecule has 2 aromatic rings. The Morgan fingerprint density at radius 1 is 0.957 bits per heavy atom. The Balaban J connectivity index is 1.76. The molecule has 1 N–H and O–H groups in total. The molecule has 0 unspecified atom stereocenters. The van der Waals surface area contributed by atoms with Gasteiger partial charge >= 0.3 is 0 Å². The number of hydrogen-bond donors (Lipinski definition) is 1. The van der Waals surface area contributed by atoms with Gasteiger partial charge in [-0.05, 0) is 54.1 Å². The number of rotatable bonds is 7. The molecule has 0 bridgehead atoms. The van der Waals surface area contributed by atoms with Gasteiger partial charge in [-0.3, -0.25) is 4.79 Å². The predicted molar refractivity (Wildman–Crippen MR) is 87.2 cm³/mol. The van der Waals surface area contributed by atoms with Crippen molar-refractivity contribution in [1.82, 2.24) is 5.43 Å². The predicted octanol–water partition coefficient (Wildman–Crippen LogP) is 2.23. The van der Waals surface area contributed by atoms with Crippen LogP contribution in [-0.2, 0) is 4.79 Å². The Labute approximate surface area is 134 Å². The highest BCUT2D eigenvalue weighted by atomic mass is 16.5. The van der Waals surface area contributed by atoms with E-state index in [1.54, 1.807) is 44.7 Å². The van der Waals surface area contributed by atoms with Gasteiger partial charge < -0.3 is 14.2 Å². The molecule has 6 heteroatoms. The summed E-state index contributed by atoms with van der Waals surface area (Å²) in [6.45, 7) is -0.119. The summed E-state index contributed by atoms with van der Waals surface area (Å²) in [4.78, 5) is 11.6. The van der Waals surface area contributed by atoms with E-state index in [0.717, 1.165) is 17.1 Å². The number of nitrogens with one attached hydrogen (secondary N) is 1. The van der Waals surface area contributed by atoms with Gasteiger partial charge in [0.1, 0.15) is 17.2 Å². The summed E-state index contributed by atoms with van der Waals surface area (Å²) in [6.07, 6.45) is 1.55. The van der Waals surface area contributed by atoms with Crippen LogP contribution in [0.4, 0.5) is 0 Å². The fourth-order valence-corrected chi connectivity index (χ4v) is 1.72. The molecule has 23 heavy (non-hydrogen) atoms. The Morgan fingerprint density at radius 3 is 2.04 bits per heavy atom. The SMILES string of the molecule is COc1ccc(C=NNC(=O)COc2ccc(OC)cc2)cc1. The number of ether oxygens (including phenoxy) is 3. The van der Waals surface area contributed by atoms with Crippen molar-refractivity contribution < 1.29 is 19.0 Å². The lowest BCUT2D eigenvalue weighted by Gasteiger charge is -2.05. The van der Waals surface area contributed by atoms with E-state index in [1.165, 1.54) is 0 Å². The minimum atomic E-state index is -0.342. The lowest BCUT2D eigenvalue weighted by Crippen LogP contribution is -2.24. The average molecular weight is 314 g/mol. The normalized spacial score (nSPS) is 10.3. The topological polar surface area (TPSA) is 69.2 Å². The highest BCUT2D eigenvalue weighted by Gasteiger charge is 2.01. The highest BCUT2D eigenvalue weighted by Crippen LogP contribution is 2.16. The zero-order chi connectivity index (χ0) is 16.5. The van der Waals surface area contributed by atoms with Crippen LogP contribution in [0, 0.1) is 0 Å². The van der Waals surface area contributed by atoms with Crippen LogP contribution < -0.4 is 19.6 Å². The van der Waals surface area contributed by atoms with E-state index in [1.807, 2.05) is 24.3 Å². The Bertz CT molecular complexity index is 651. The summed E-state index contributed by atoms with van der Waals surface area (Å²) < 4.78 is 15.4. The number of hydrogen-bond acceptors (Lipinski definition) is 5. The fourth-order valence-electron chi connectivity index (χ4n) is 1.72. The average Bonchev–Trinajstić information content (AvgIpc) is 2.61. The van der Waals surface area contributed by atoms with E-state index in [4.69, 9.17) is 14.2 Å². The molecule has 2 aromatic carbocycles. The number of carbonyl (C=O) groups excluding carboxylic acids is 1. The number of carbonyl (C=O) groups is 1. The van der Waals surface area contributed by atoms with E-state index in [0.29, 0.717) is 5.75 Å². The minimum absolute atomic E-state index is 0.119. The van der Waals surface area contributed by atoms with Crippen molar-refractivity contribution >= 4 is 12.1 Å². The summed E-state index contributed by atoms with van der Waals surface area (Å²) >= 11 is 0. The van der Waals surface area contributed by atoms with Crippen LogP contribution in [-0.4, -0.2) is 32.9 Å². The molecule has 6 nitrogen and oxygen atoms in total. The Hall–Kier alpha value is -3.02. The molecule has 0 aromatic heterocycles. The number of methoxy groups -OCH3 is 2. The van der Waals surface area contributed by atoms with Crippen molar-refractivity contribution in [3.63, 3.8) is 0 Å². The van der Waals surface area contributed by atoms with Gasteiger partial charge in [-0.25, -0.2) is 5.43 Å². The van der Waals surface area contributed by atoms with Crippen LogP contribution >= 0.6 is 0 Å². The molecule has 2 rings (SSSR count). The Morgan fingerprint density at radius 2 is 1.48 bits per heavy atom. The van der Waals surface area contributed by atoms with Crippen LogP contribution in [0.5, 0.6) is 17.2 Å². The van der Waals surface area contributed by atoms with Crippen molar-refractivity contribution in [1.29, 1.82) is 0 Å². The van der Waals surface area contributed by atoms with Crippen molar-refractivity contribution in [3.8, 4) is 17.2 Å². The van der Waals surface area contributed by atoms with Gasteiger partial charge in [-0.1, -0.05) is 0 Å². The Kier molecular flexibility index (Phi) is 5.99. The van der Waals surface area contributed by atoms with Gasteiger partial charge in [0.25, 0.3) is 5.91 Å². The number of nitrogens with zero attached hydrogens (tertiary/aromatic N) is 1. The first-order valence-electron chi connectivity index (χ1n) is 6.94. The molecule has 0 saturated heterocycles. The van der Waals surface area contributed by atoms with Crippen molar-refractivity contribution in [2.45, 2.75) is 0 Å². The van der Waals surface area contributed by atoms with Gasteiger partial charge in [0.2, 0.25) is 0 Å². The van der Waals surface area contributed by atoms with Crippen LogP contribution in [0.1, 0.15) is 5.56 Å². The highest BCUT2D eigenvalue weighted by molar-refractivity contribution is 5.83. The second kappa shape index (κ2) is 8.43. The molecule has 1 amide bonds. The smallest absolute Gasteiger partial charge is 0.277 e. The lowest BCUT2D eigenvalue weighted by atomic mass is 10.2. The summed E-state index contributed by atoms with van der Waals surface area (Å²) in [6, 6.07) is 14.3. The van der Waals surface area contributed by atoms with Crippen LogP contribution in [0.2, 0.25) is 0 Å². The molecule has 0 saturated carbocycles. The third kappa shape index (κ3) is 5.35. The molecule has 0 aliphatic rings. The van der Waals surface area contributed by atoms with Crippen LogP contribution in [0.25, 0.3) is 0 Å². The molecule has 0 spiro atoms. The molecular formula is C17H18N2O4. The van der Waals surface area contributed by atoms with Crippen molar-refractivity contribution in [2.75, 3.05) is 20.8 Å². The van der Waals surface area contributed by atoms with E-state index in [9.17, 15) is 4.79 Å². The number of hydrazone groups is 1. The monoisotopic (exact) mass is 314 g/mol. The molecule has 0 heterocycles.